The van der Waals surface area contributed by atoms with E-state index in [1.807, 2.05) is 66.7 Å². The highest BCUT2D eigenvalue weighted by atomic mass is 15.0. The lowest BCUT2D eigenvalue weighted by molar-refractivity contribution is -0.0397. The van der Waals surface area contributed by atoms with Gasteiger partial charge in [-0.25, -0.2) is 15.0 Å². The Kier molecular flexibility index (Phi) is 7.07. The van der Waals surface area contributed by atoms with Crippen LogP contribution in [0, 0.1) is 35.0 Å². The first-order valence-electron chi connectivity index (χ1n) is 19.4. The number of hydrogen-bond acceptors (Lipinski definition) is 4. The quantitative estimate of drug-likeness (QED) is 0.180. The van der Waals surface area contributed by atoms with Crippen molar-refractivity contribution in [1.82, 2.24) is 15.0 Å². The van der Waals surface area contributed by atoms with E-state index < -0.39 is 0 Å². The van der Waals surface area contributed by atoms with Gasteiger partial charge in [0.1, 0.15) is 0 Å². The topological polar surface area (TPSA) is 62.5 Å². The zero-order chi connectivity index (χ0) is 35.8. The predicted octanol–water partition coefficient (Wildman–Crippen LogP) is 11.8. The fourth-order valence-corrected chi connectivity index (χ4v) is 11.4. The Hall–Kier alpha value is -6.18. The molecule has 0 aliphatic heterocycles. The van der Waals surface area contributed by atoms with E-state index in [1.165, 1.54) is 71.0 Å². The normalized spacial score (nSPS) is 22.9. The molecule has 0 radical (unpaired) electrons. The van der Waals surface area contributed by atoms with E-state index in [0.29, 0.717) is 29.3 Å². The average Bonchev–Trinajstić information content (AvgIpc) is 3.54. The molecule has 0 unspecified atom stereocenters. The minimum atomic E-state index is -0.0664. The summed E-state index contributed by atoms with van der Waals surface area (Å²) in [5.41, 5.74) is 13.8. The van der Waals surface area contributed by atoms with Crippen LogP contribution in [0.3, 0.4) is 0 Å². The third kappa shape index (κ3) is 4.64. The summed E-state index contributed by atoms with van der Waals surface area (Å²) in [6.45, 7) is 0. The summed E-state index contributed by atoms with van der Waals surface area (Å²) in [5, 5.41) is 10.5. The van der Waals surface area contributed by atoms with Gasteiger partial charge in [0.2, 0.25) is 0 Å². The van der Waals surface area contributed by atoms with E-state index in [4.69, 9.17) is 15.0 Å². The van der Waals surface area contributed by atoms with Gasteiger partial charge in [-0.05, 0) is 107 Å². The molecule has 5 aliphatic rings. The molecule has 0 N–H and O–H groups in total. The lowest BCUT2D eigenvalue weighted by Crippen LogP contribution is -2.55. The van der Waals surface area contributed by atoms with Gasteiger partial charge in [-0.2, -0.15) is 5.26 Å². The van der Waals surface area contributed by atoms with Crippen molar-refractivity contribution in [1.29, 1.82) is 5.26 Å². The SMILES string of the molecule is N#Cc1cccc2c1-c1cccc(-c3ccccc3-c3cccc(-c4nc(-c5ccccc5)nc(-c5ccccc5)n4)c3)c1C21C2CC3CC(C2)CC1C3. The Morgan fingerprint density at radius 2 is 0.963 bits per heavy atom. The van der Waals surface area contributed by atoms with E-state index in [-0.39, 0.29) is 5.41 Å². The Balaban J connectivity index is 1.09. The predicted molar refractivity (Wildman–Crippen MR) is 215 cm³/mol. The molecule has 258 valence electrons. The van der Waals surface area contributed by atoms with E-state index >= 15 is 0 Å². The first kappa shape index (κ1) is 31.4. The van der Waals surface area contributed by atoms with Crippen molar-refractivity contribution in [2.24, 2.45) is 23.7 Å². The van der Waals surface area contributed by atoms with Gasteiger partial charge >= 0.3 is 0 Å². The summed E-state index contributed by atoms with van der Waals surface area (Å²) >= 11 is 0. The van der Waals surface area contributed by atoms with E-state index in [1.54, 1.807) is 0 Å². The smallest absolute Gasteiger partial charge is 0.164 e. The van der Waals surface area contributed by atoms with Gasteiger partial charge in [-0.3, -0.25) is 0 Å². The minimum Gasteiger partial charge on any atom is -0.208 e. The van der Waals surface area contributed by atoms with Crippen LogP contribution in [-0.2, 0) is 5.41 Å². The number of hydrogen-bond donors (Lipinski definition) is 0. The van der Waals surface area contributed by atoms with Crippen LogP contribution in [0.2, 0.25) is 0 Å². The molecule has 1 spiro atoms. The maximum atomic E-state index is 10.5. The Morgan fingerprint density at radius 1 is 0.463 bits per heavy atom. The summed E-state index contributed by atoms with van der Waals surface area (Å²) < 4.78 is 0. The highest BCUT2D eigenvalue weighted by molar-refractivity contribution is 5.95. The molecule has 0 amide bonds. The van der Waals surface area contributed by atoms with Gasteiger partial charge in [-0.1, -0.05) is 133 Å². The van der Waals surface area contributed by atoms with Crippen molar-refractivity contribution in [2.75, 3.05) is 0 Å². The summed E-state index contributed by atoms with van der Waals surface area (Å²) in [7, 11) is 0. The number of benzene rings is 6. The van der Waals surface area contributed by atoms with Gasteiger partial charge in [0.25, 0.3) is 0 Å². The Labute approximate surface area is 316 Å². The van der Waals surface area contributed by atoms with Crippen LogP contribution < -0.4 is 0 Å². The van der Waals surface area contributed by atoms with Crippen molar-refractivity contribution in [3.05, 3.63) is 162 Å². The average molecular weight is 695 g/mol. The number of aromatic nitrogens is 3. The van der Waals surface area contributed by atoms with Gasteiger partial charge in [-0.15, -0.1) is 0 Å². The van der Waals surface area contributed by atoms with Crippen molar-refractivity contribution >= 4 is 0 Å². The summed E-state index contributed by atoms with van der Waals surface area (Å²) in [5.74, 6) is 4.83. The zero-order valence-corrected chi connectivity index (χ0v) is 30.0. The fourth-order valence-electron chi connectivity index (χ4n) is 11.4. The van der Waals surface area contributed by atoms with Crippen LogP contribution in [0.1, 0.15) is 48.8 Å². The van der Waals surface area contributed by atoms with E-state index in [9.17, 15) is 5.26 Å². The highest BCUT2D eigenvalue weighted by Crippen LogP contribution is 2.70. The molecular weight excluding hydrogens is 657 g/mol. The van der Waals surface area contributed by atoms with Gasteiger partial charge < -0.3 is 0 Å². The second kappa shape index (κ2) is 12.2. The molecule has 1 heterocycles. The summed E-state index contributed by atoms with van der Waals surface area (Å²) in [4.78, 5) is 15.0. The first-order chi connectivity index (χ1) is 26.7. The van der Waals surface area contributed by atoms with Crippen molar-refractivity contribution in [3.8, 4) is 73.6 Å². The summed E-state index contributed by atoms with van der Waals surface area (Å²) in [6.07, 6.45) is 6.58. The van der Waals surface area contributed by atoms with Crippen molar-refractivity contribution < 1.29 is 0 Å². The van der Waals surface area contributed by atoms with Gasteiger partial charge in [0, 0.05) is 27.7 Å². The molecule has 54 heavy (non-hydrogen) atoms. The molecule has 0 saturated heterocycles. The summed E-state index contributed by atoms with van der Waals surface area (Å²) in [6, 6.07) is 53.9. The van der Waals surface area contributed by atoms with Crippen molar-refractivity contribution in [2.45, 2.75) is 37.5 Å². The number of fused-ring (bicyclic) bond motifs is 3. The van der Waals surface area contributed by atoms with Crippen molar-refractivity contribution in [3.63, 3.8) is 0 Å². The highest BCUT2D eigenvalue weighted by Gasteiger charge is 2.62. The van der Waals surface area contributed by atoms with Crippen LogP contribution in [0.5, 0.6) is 0 Å². The molecule has 4 saturated carbocycles. The number of nitrogens with zero attached hydrogens (tertiary/aromatic N) is 4. The van der Waals surface area contributed by atoms with Crippen LogP contribution in [0.15, 0.2) is 146 Å². The molecule has 12 rings (SSSR count). The largest absolute Gasteiger partial charge is 0.208 e. The third-order valence-electron chi connectivity index (χ3n) is 13.2. The molecule has 5 aliphatic carbocycles. The lowest BCUT2D eigenvalue weighted by atomic mass is 9.42. The molecule has 0 atom stereocenters. The second-order valence-electron chi connectivity index (χ2n) is 15.9. The molecular formula is C50H38N4. The Morgan fingerprint density at radius 3 is 1.61 bits per heavy atom. The maximum Gasteiger partial charge on any atom is 0.164 e. The monoisotopic (exact) mass is 694 g/mol. The number of rotatable bonds is 5. The van der Waals surface area contributed by atoms with Crippen LogP contribution in [0.25, 0.3) is 67.5 Å². The zero-order valence-electron chi connectivity index (χ0n) is 30.0. The molecule has 7 aromatic rings. The Bertz CT molecular complexity index is 2550. The lowest BCUT2D eigenvalue weighted by Gasteiger charge is -2.61. The molecule has 1 aromatic heterocycles. The van der Waals surface area contributed by atoms with Crippen LogP contribution in [0.4, 0.5) is 0 Å². The van der Waals surface area contributed by atoms with Gasteiger partial charge in [0.15, 0.2) is 17.5 Å². The molecule has 4 fully saturated rings. The van der Waals surface area contributed by atoms with Crippen LogP contribution >= 0.6 is 0 Å². The fraction of sp³-hybridized carbons (Fsp3) is 0.200. The molecule has 6 aromatic carbocycles. The number of nitriles is 1. The van der Waals surface area contributed by atoms with Crippen LogP contribution in [-0.4, -0.2) is 15.0 Å². The second-order valence-corrected chi connectivity index (χ2v) is 15.9. The molecule has 4 heteroatoms. The maximum absolute atomic E-state index is 10.5. The molecule has 4 nitrogen and oxygen atoms in total. The standard InChI is InChI=1S/C50H38N4/c51-30-37-18-10-23-44-45(37)43-22-11-21-42(46(43)50(44)38-25-31-24-32(27-38)28-39(50)26-31)41-20-8-7-19-40(41)35-16-9-17-36(29-35)49-53-47(33-12-3-1-4-13-33)52-48(54-49)34-14-5-2-6-15-34/h1-23,29,31-32,38-39H,24-28H2. The first-order valence-corrected chi connectivity index (χ1v) is 19.4. The third-order valence-corrected chi connectivity index (χ3v) is 13.2. The minimum absolute atomic E-state index is 0.0664. The molecule has 4 bridgehead atoms. The van der Waals surface area contributed by atoms with E-state index in [2.05, 4.69) is 84.9 Å². The van der Waals surface area contributed by atoms with E-state index in [0.717, 1.165) is 39.7 Å². The van der Waals surface area contributed by atoms with Gasteiger partial charge in [0.05, 0.1) is 11.6 Å².